The maximum absolute atomic E-state index is 12.9. The van der Waals surface area contributed by atoms with Crippen molar-refractivity contribution in [3.8, 4) is 0 Å². The lowest BCUT2D eigenvalue weighted by Crippen LogP contribution is -2.31. The molecule has 100 valence electrons. The van der Waals surface area contributed by atoms with E-state index < -0.39 is 11.6 Å². The lowest BCUT2D eigenvalue weighted by molar-refractivity contribution is -0.130. The second kappa shape index (κ2) is 6.93. The van der Waals surface area contributed by atoms with E-state index in [-0.39, 0.29) is 5.91 Å². The molecule has 3 nitrogen and oxygen atoms in total. The Labute approximate surface area is 106 Å². The van der Waals surface area contributed by atoms with Crippen LogP contribution in [0.5, 0.6) is 0 Å². The van der Waals surface area contributed by atoms with Gasteiger partial charge in [0.25, 0.3) is 0 Å². The quantitative estimate of drug-likeness (QED) is 0.848. The average Bonchev–Trinajstić information content (AvgIpc) is 2.35. The molecule has 1 aromatic carbocycles. The highest BCUT2D eigenvalue weighted by atomic mass is 19.2. The van der Waals surface area contributed by atoms with Crippen LogP contribution in [0.15, 0.2) is 18.2 Å². The third kappa shape index (κ3) is 3.98. The Balaban J connectivity index is 2.41. The zero-order valence-corrected chi connectivity index (χ0v) is 10.7. The van der Waals surface area contributed by atoms with Gasteiger partial charge in [-0.15, -0.1) is 0 Å². The summed E-state index contributed by atoms with van der Waals surface area (Å²) in [5.74, 6) is -1.72. The first-order valence-electron chi connectivity index (χ1n) is 6.05. The van der Waals surface area contributed by atoms with Crippen LogP contribution in [0.2, 0.25) is 0 Å². The highest BCUT2D eigenvalue weighted by Gasteiger charge is 2.08. The number of anilines is 1. The Morgan fingerprint density at radius 3 is 2.44 bits per heavy atom. The van der Waals surface area contributed by atoms with Crippen LogP contribution in [0.1, 0.15) is 20.3 Å². The summed E-state index contributed by atoms with van der Waals surface area (Å²) in [6, 6.07) is 3.58. The van der Waals surface area contributed by atoms with Crippen molar-refractivity contribution in [3.05, 3.63) is 29.8 Å². The normalized spacial score (nSPS) is 10.2. The second-order valence-electron chi connectivity index (χ2n) is 3.87. The molecule has 0 aromatic heterocycles. The van der Waals surface area contributed by atoms with Gasteiger partial charge in [0, 0.05) is 31.7 Å². The van der Waals surface area contributed by atoms with Gasteiger partial charge in [-0.2, -0.15) is 0 Å². The van der Waals surface area contributed by atoms with Gasteiger partial charge < -0.3 is 10.2 Å². The van der Waals surface area contributed by atoms with Gasteiger partial charge in [-0.1, -0.05) is 0 Å². The predicted molar refractivity (Wildman–Crippen MR) is 67.4 cm³/mol. The zero-order valence-electron chi connectivity index (χ0n) is 10.7. The minimum absolute atomic E-state index is 0.0510. The summed E-state index contributed by atoms with van der Waals surface area (Å²) < 4.78 is 25.6. The number of hydrogen-bond donors (Lipinski definition) is 1. The third-order valence-electron chi connectivity index (χ3n) is 2.70. The van der Waals surface area contributed by atoms with E-state index in [1.165, 1.54) is 6.07 Å². The van der Waals surface area contributed by atoms with E-state index in [2.05, 4.69) is 5.32 Å². The minimum atomic E-state index is -0.893. The molecule has 0 aliphatic heterocycles. The standard InChI is InChI=1S/C13H18F2N2O/c1-3-17(4-2)13(18)7-8-16-10-5-6-11(14)12(15)9-10/h5-6,9,16H,3-4,7-8H2,1-2H3. The van der Waals surface area contributed by atoms with Crippen molar-refractivity contribution in [1.82, 2.24) is 4.90 Å². The molecule has 0 heterocycles. The van der Waals surface area contributed by atoms with Crippen LogP contribution in [0, 0.1) is 11.6 Å². The summed E-state index contributed by atoms with van der Waals surface area (Å²) in [5, 5.41) is 2.89. The average molecular weight is 256 g/mol. The molecule has 0 spiro atoms. The molecule has 0 saturated carbocycles. The Morgan fingerprint density at radius 2 is 1.89 bits per heavy atom. The number of nitrogens with one attached hydrogen (secondary N) is 1. The van der Waals surface area contributed by atoms with E-state index in [1.54, 1.807) is 4.90 Å². The number of benzene rings is 1. The van der Waals surface area contributed by atoms with E-state index in [0.29, 0.717) is 31.7 Å². The molecule has 1 rings (SSSR count). The van der Waals surface area contributed by atoms with Crippen molar-refractivity contribution in [2.75, 3.05) is 25.0 Å². The summed E-state index contributed by atoms with van der Waals surface area (Å²) in [4.78, 5) is 13.4. The molecule has 0 unspecified atom stereocenters. The molecule has 0 fully saturated rings. The van der Waals surface area contributed by atoms with Crippen molar-refractivity contribution >= 4 is 11.6 Å². The molecule has 0 aliphatic carbocycles. The largest absolute Gasteiger partial charge is 0.384 e. The molecule has 0 atom stereocenters. The Bertz CT molecular complexity index is 406. The first-order valence-corrected chi connectivity index (χ1v) is 6.05. The zero-order chi connectivity index (χ0) is 13.5. The van der Waals surface area contributed by atoms with E-state index >= 15 is 0 Å². The fraction of sp³-hybridized carbons (Fsp3) is 0.462. The topological polar surface area (TPSA) is 32.3 Å². The number of rotatable bonds is 6. The van der Waals surface area contributed by atoms with Gasteiger partial charge in [0.2, 0.25) is 5.91 Å². The SMILES string of the molecule is CCN(CC)C(=O)CCNc1ccc(F)c(F)c1. The van der Waals surface area contributed by atoms with Gasteiger partial charge in [-0.3, -0.25) is 4.79 Å². The number of amides is 1. The monoisotopic (exact) mass is 256 g/mol. The molecule has 18 heavy (non-hydrogen) atoms. The molecule has 1 aromatic rings. The highest BCUT2D eigenvalue weighted by molar-refractivity contribution is 5.76. The Hall–Kier alpha value is -1.65. The van der Waals surface area contributed by atoms with Crippen molar-refractivity contribution in [2.45, 2.75) is 20.3 Å². The van der Waals surface area contributed by atoms with Crippen LogP contribution in [0.4, 0.5) is 14.5 Å². The molecule has 0 radical (unpaired) electrons. The Morgan fingerprint density at radius 1 is 1.22 bits per heavy atom. The van der Waals surface area contributed by atoms with Gasteiger partial charge in [0.1, 0.15) is 0 Å². The first kappa shape index (κ1) is 14.4. The van der Waals surface area contributed by atoms with Gasteiger partial charge in [0.15, 0.2) is 11.6 Å². The van der Waals surface area contributed by atoms with E-state index in [0.717, 1.165) is 12.1 Å². The second-order valence-corrected chi connectivity index (χ2v) is 3.87. The van der Waals surface area contributed by atoms with Crippen molar-refractivity contribution < 1.29 is 13.6 Å². The highest BCUT2D eigenvalue weighted by Crippen LogP contribution is 2.12. The molecule has 1 N–H and O–H groups in total. The number of carbonyl (C=O) groups excluding carboxylic acids is 1. The van der Waals surface area contributed by atoms with Crippen LogP contribution in [-0.4, -0.2) is 30.4 Å². The van der Waals surface area contributed by atoms with E-state index in [1.807, 2.05) is 13.8 Å². The molecule has 0 saturated heterocycles. The van der Waals surface area contributed by atoms with Crippen molar-refractivity contribution in [2.24, 2.45) is 0 Å². The lowest BCUT2D eigenvalue weighted by atomic mass is 10.3. The van der Waals surface area contributed by atoms with Gasteiger partial charge in [-0.25, -0.2) is 8.78 Å². The maximum atomic E-state index is 12.9. The number of nitrogens with zero attached hydrogens (tertiary/aromatic N) is 1. The molecule has 0 bridgehead atoms. The molecular formula is C13H18F2N2O. The number of carbonyl (C=O) groups is 1. The smallest absolute Gasteiger partial charge is 0.224 e. The van der Waals surface area contributed by atoms with E-state index in [9.17, 15) is 13.6 Å². The minimum Gasteiger partial charge on any atom is -0.384 e. The van der Waals surface area contributed by atoms with Crippen LogP contribution in [0.25, 0.3) is 0 Å². The fourth-order valence-electron chi connectivity index (χ4n) is 1.65. The van der Waals surface area contributed by atoms with E-state index in [4.69, 9.17) is 0 Å². The van der Waals surface area contributed by atoms with Crippen LogP contribution < -0.4 is 5.32 Å². The van der Waals surface area contributed by atoms with Crippen LogP contribution in [0.3, 0.4) is 0 Å². The summed E-state index contributed by atoms with van der Waals surface area (Å²) in [6.45, 7) is 5.61. The van der Waals surface area contributed by atoms with Gasteiger partial charge in [0.05, 0.1) is 0 Å². The lowest BCUT2D eigenvalue weighted by Gasteiger charge is -2.18. The van der Waals surface area contributed by atoms with Gasteiger partial charge in [-0.05, 0) is 32.0 Å². The molecule has 0 aliphatic rings. The number of halogens is 2. The Kier molecular flexibility index (Phi) is 5.55. The summed E-state index contributed by atoms with van der Waals surface area (Å²) in [5.41, 5.74) is 0.473. The molecule has 1 amide bonds. The van der Waals surface area contributed by atoms with Crippen LogP contribution in [-0.2, 0) is 4.79 Å². The maximum Gasteiger partial charge on any atom is 0.224 e. The predicted octanol–water partition coefficient (Wildman–Crippen LogP) is 2.64. The third-order valence-corrected chi connectivity index (χ3v) is 2.70. The van der Waals surface area contributed by atoms with Crippen LogP contribution >= 0.6 is 0 Å². The summed E-state index contributed by atoms with van der Waals surface area (Å²) in [7, 11) is 0. The fourth-order valence-corrected chi connectivity index (χ4v) is 1.65. The number of hydrogen-bond acceptors (Lipinski definition) is 2. The summed E-state index contributed by atoms with van der Waals surface area (Å²) in [6.07, 6.45) is 0.334. The molecule has 5 heteroatoms. The van der Waals surface area contributed by atoms with Gasteiger partial charge >= 0.3 is 0 Å². The van der Waals surface area contributed by atoms with Crippen molar-refractivity contribution in [3.63, 3.8) is 0 Å². The first-order chi connectivity index (χ1) is 8.58. The molecular weight excluding hydrogens is 238 g/mol. The van der Waals surface area contributed by atoms with Crippen molar-refractivity contribution in [1.29, 1.82) is 0 Å². The summed E-state index contributed by atoms with van der Waals surface area (Å²) >= 11 is 0.